The molecule has 0 heterocycles. The Morgan fingerprint density at radius 1 is 0.625 bits per heavy atom. The lowest BCUT2D eigenvalue weighted by atomic mass is 10.0. The average molecular weight is 422 g/mol. The molecule has 0 bridgehead atoms. The molecule has 0 amide bonds. The zero-order valence-electron chi connectivity index (χ0n) is 16.8. The average Bonchev–Trinajstić information content (AvgIpc) is 2.79. The maximum absolute atomic E-state index is 9.92. The molecule has 0 unspecified atom stereocenters. The van der Waals surface area contributed by atoms with Crippen molar-refractivity contribution >= 4 is 22.1 Å². The van der Waals surface area contributed by atoms with Crippen LogP contribution in [0.3, 0.4) is 0 Å². The summed E-state index contributed by atoms with van der Waals surface area (Å²) in [6.07, 6.45) is 11.4. The number of ether oxygens (including phenoxy) is 2. The van der Waals surface area contributed by atoms with E-state index in [0.717, 1.165) is 0 Å². The normalized spacial score (nSPS) is 10.3. The molecule has 6 N–H and O–H groups in total. The van der Waals surface area contributed by atoms with Crippen molar-refractivity contribution < 1.29 is 19.7 Å². The Kier molecular flexibility index (Phi) is 5.12. The van der Waals surface area contributed by atoms with Gasteiger partial charge in [0, 0.05) is 22.9 Å². The molecule has 0 atom stereocenters. The number of terminal acetylenes is 2. The zero-order valence-corrected chi connectivity index (χ0v) is 16.8. The molecule has 0 saturated carbocycles. The summed E-state index contributed by atoms with van der Waals surface area (Å²) in [4.78, 5) is 0. The van der Waals surface area contributed by atoms with Gasteiger partial charge in [-0.3, -0.25) is 0 Å². The van der Waals surface area contributed by atoms with Crippen molar-refractivity contribution in [1.29, 1.82) is 0 Å². The number of hydrogen-bond acceptors (Lipinski definition) is 6. The standard InChI is InChI=1S/C26H18N2O4/c1-3-15-5-9-20-19(25(15)31-17-7-11-21(27)23(29)13-17)10-6-16(4-2)26(20)32-18-8-12-22(28)24(30)14-18/h1-2,5-14,29-30H,27-28H2. The van der Waals surface area contributed by atoms with Gasteiger partial charge >= 0.3 is 0 Å². The van der Waals surface area contributed by atoms with Gasteiger partial charge in [0.15, 0.2) is 11.5 Å². The number of phenols is 2. The van der Waals surface area contributed by atoms with Crippen LogP contribution in [0.5, 0.6) is 34.5 Å². The lowest BCUT2D eigenvalue weighted by molar-refractivity contribution is 0.456. The van der Waals surface area contributed by atoms with Gasteiger partial charge in [0.25, 0.3) is 0 Å². The van der Waals surface area contributed by atoms with Gasteiger partial charge in [-0.05, 0) is 48.5 Å². The quantitative estimate of drug-likeness (QED) is 0.210. The first-order valence-corrected chi connectivity index (χ1v) is 9.47. The van der Waals surface area contributed by atoms with E-state index in [1.807, 2.05) is 0 Å². The molecule has 4 aromatic rings. The Bertz CT molecular complexity index is 1330. The van der Waals surface area contributed by atoms with Crippen molar-refractivity contribution in [3.8, 4) is 59.2 Å². The first-order valence-electron chi connectivity index (χ1n) is 9.47. The van der Waals surface area contributed by atoms with E-state index in [4.69, 9.17) is 33.8 Å². The lowest BCUT2D eigenvalue weighted by Crippen LogP contribution is -1.95. The molecule has 0 spiro atoms. The van der Waals surface area contributed by atoms with E-state index >= 15 is 0 Å². The van der Waals surface area contributed by atoms with Crippen LogP contribution in [0.4, 0.5) is 11.4 Å². The number of phenolic OH excluding ortho intramolecular Hbond substituents is 2. The minimum Gasteiger partial charge on any atom is -0.506 e. The molecule has 6 nitrogen and oxygen atoms in total. The fourth-order valence-corrected chi connectivity index (χ4v) is 3.21. The maximum atomic E-state index is 9.92. The minimum absolute atomic E-state index is 0.105. The Hall–Kier alpha value is -4.94. The van der Waals surface area contributed by atoms with E-state index in [-0.39, 0.29) is 22.9 Å². The number of anilines is 2. The lowest BCUT2D eigenvalue weighted by Gasteiger charge is -2.16. The number of rotatable bonds is 4. The van der Waals surface area contributed by atoms with Gasteiger partial charge in [-0.2, -0.15) is 0 Å². The van der Waals surface area contributed by atoms with E-state index < -0.39 is 0 Å². The fraction of sp³-hybridized carbons (Fsp3) is 0. The molecule has 0 aliphatic carbocycles. The second-order valence-corrected chi connectivity index (χ2v) is 6.91. The summed E-state index contributed by atoms with van der Waals surface area (Å²) in [5.74, 6) is 6.49. The third-order valence-corrected chi connectivity index (χ3v) is 4.86. The molecular weight excluding hydrogens is 404 g/mol. The molecule has 0 aliphatic heterocycles. The van der Waals surface area contributed by atoms with Gasteiger partial charge in [-0.15, -0.1) is 12.8 Å². The van der Waals surface area contributed by atoms with Crippen LogP contribution in [0.2, 0.25) is 0 Å². The third kappa shape index (κ3) is 3.65. The first kappa shape index (κ1) is 20.3. The summed E-state index contributed by atoms with van der Waals surface area (Å²) >= 11 is 0. The molecule has 4 aromatic carbocycles. The summed E-state index contributed by atoms with van der Waals surface area (Å²) in [5.41, 5.74) is 12.8. The molecule has 4 rings (SSSR count). The van der Waals surface area contributed by atoms with Crippen LogP contribution in [0.15, 0.2) is 60.7 Å². The highest BCUT2D eigenvalue weighted by Gasteiger charge is 2.16. The van der Waals surface area contributed by atoms with E-state index in [0.29, 0.717) is 44.9 Å². The Labute approximate surface area is 184 Å². The number of aromatic hydroxyl groups is 2. The molecule has 0 fully saturated rings. The Morgan fingerprint density at radius 3 is 1.38 bits per heavy atom. The maximum Gasteiger partial charge on any atom is 0.150 e. The summed E-state index contributed by atoms with van der Waals surface area (Å²) in [5, 5.41) is 21.1. The van der Waals surface area contributed by atoms with Gasteiger partial charge in [0.2, 0.25) is 0 Å². The summed E-state index contributed by atoms with van der Waals surface area (Å²) in [6, 6.07) is 16.1. The molecule has 156 valence electrons. The summed E-state index contributed by atoms with van der Waals surface area (Å²) in [6.45, 7) is 0. The predicted octanol–water partition coefficient (Wildman–Crippen LogP) is 4.96. The van der Waals surface area contributed by atoms with Gasteiger partial charge in [-0.25, -0.2) is 0 Å². The number of nitrogen functional groups attached to an aromatic ring is 2. The number of hydrogen-bond donors (Lipinski definition) is 4. The number of benzene rings is 4. The van der Waals surface area contributed by atoms with Crippen LogP contribution < -0.4 is 20.9 Å². The van der Waals surface area contributed by atoms with E-state index in [1.54, 1.807) is 36.4 Å². The van der Waals surface area contributed by atoms with Crippen LogP contribution in [0.1, 0.15) is 11.1 Å². The zero-order chi connectivity index (χ0) is 22.8. The number of fused-ring (bicyclic) bond motifs is 1. The highest BCUT2D eigenvalue weighted by Crippen LogP contribution is 2.42. The Morgan fingerprint density at radius 2 is 1.03 bits per heavy atom. The van der Waals surface area contributed by atoms with Crippen molar-refractivity contribution in [3.63, 3.8) is 0 Å². The van der Waals surface area contributed by atoms with Crippen molar-refractivity contribution in [3.05, 3.63) is 71.8 Å². The molecular formula is C26H18N2O4. The van der Waals surface area contributed by atoms with E-state index in [2.05, 4.69) is 11.8 Å². The molecule has 0 radical (unpaired) electrons. The van der Waals surface area contributed by atoms with Crippen molar-refractivity contribution in [1.82, 2.24) is 0 Å². The summed E-state index contributed by atoms with van der Waals surface area (Å²) < 4.78 is 12.1. The third-order valence-electron chi connectivity index (χ3n) is 4.86. The van der Waals surface area contributed by atoms with Crippen LogP contribution >= 0.6 is 0 Å². The minimum atomic E-state index is -0.105. The van der Waals surface area contributed by atoms with E-state index in [9.17, 15) is 10.2 Å². The fourth-order valence-electron chi connectivity index (χ4n) is 3.21. The molecule has 6 heteroatoms. The largest absolute Gasteiger partial charge is 0.506 e. The second kappa shape index (κ2) is 8.06. The van der Waals surface area contributed by atoms with Gasteiger partial charge < -0.3 is 31.2 Å². The molecule has 0 aliphatic rings. The van der Waals surface area contributed by atoms with Crippen LogP contribution in [-0.2, 0) is 0 Å². The highest BCUT2D eigenvalue weighted by atomic mass is 16.5. The topological polar surface area (TPSA) is 111 Å². The van der Waals surface area contributed by atoms with Crippen LogP contribution in [0, 0.1) is 24.7 Å². The molecule has 32 heavy (non-hydrogen) atoms. The van der Waals surface area contributed by atoms with E-state index in [1.165, 1.54) is 24.3 Å². The van der Waals surface area contributed by atoms with Gasteiger partial charge in [0.05, 0.1) is 22.5 Å². The molecule has 0 saturated heterocycles. The monoisotopic (exact) mass is 422 g/mol. The first-order chi connectivity index (χ1) is 15.4. The SMILES string of the molecule is C#Cc1ccc2c(Oc3ccc(N)c(O)c3)c(C#C)ccc2c1Oc1ccc(N)c(O)c1. The van der Waals surface area contributed by atoms with Crippen molar-refractivity contribution in [2.75, 3.05) is 11.5 Å². The van der Waals surface area contributed by atoms with Gasteiger partial charge in [-0.1, -0.05) is 11.8 Å². The van der Waals surface area contributed by atoms with Crippen LogP contribution in [0.25, 0.3) is 10.8 Å². The smallest absolute Gasteiger partial charge is 0.150 e. The van der Waals surface area contributed by atoms with Crippen LogP contribution in [-0.4, -0.2) is 10.2 Å². The predicted molar refractivity (Wildman–Crippen MR) is 125 cm³/mol. The number of nitrogens with two attached hydrogens (primary N) is 2. The van der Waals surface area contributed by atoms with Crippen molar-refractivity contribution in [2.24, 2.45) is 0 Å². The van der Waals surface area contributed by atoms with Crippen molar-refractivity contribution in [2.45, 2.75) is 0 Å². The molecule has 0 aromatic heterocycles. The highest BCUT2D eigenvalue weighted by molar-refractivity contribution is 5.97. The van der Waals surface area contributed by atoms with Gasteiger partial charge in [0.1, 0.15) is 23.0 Å². The summed E-state index contributed by atoms with van der Waals surface area (Å²) in [7, 11) is 0. The second-order valence-electron chi connectivity index (χ2n) is 6.91. The Balaban J connectivity index is 1.88.